The Morgan fingerprint density at radius 3 is 2.48 bits per heavy atom. The number of carbonyl (C=O) groups is 1. The Labute approximate surface area is 118 Å². The Balaban J connectivity index is 2.35. The average Bonchev–Trinajstić information content (AvgIpc) is 2.41. The van der Waals surface area contributed by atoms with E-state index in [2.05, 4.69) is 9.71 Å². The Kier molecular flexibility index (Phi) is 3.85. The summed E-state index contributed by atoms with van der Waals surface area (Å²) in [5.41, 5.74) is -0.424. The van der Waals surface area contributed by atoms with Gasteiger partial charge in [-0.05, 0) is 30.3 Å². The number of nitrogens with zero attached hydrogens (tertiary/aromatic N) is 1. The summed E-state index contributed by atoms with van der Waals surface area (Å²) in [6.07, 6.45) is 1.10. The van der Waals surface area contributed by atoms with Crippen LogP contribution >= 0.6 is 0 Å². The number of hydrogen-bond donors (Lipinski definition) is 2. The molecule has 0 amide bonds. The minimum absolute atomic E-state index is 0.0628. The van der Waals surface area contributed by atoms with Crippen molar-refractivity contribution in [1.29, 1.82) is 0 Å². The van der Waals surface area contributed by atoms with Crippen molar-refractivity contribution in [2.75, 3.05) is 4.72 Å². The van der Waals surface area contributed by atoms with Crippen LogP contribution in [0.2, 0.25) is 0 Å². The maximum atomic E-state index is 13.1. The molecule has 1 heterocycles. The van der Waals surface area contributed by atoms with Crippen LogP contribution in [0.5, 0.6) is 0 Å². The van der Waals surface area contributed by atoms with Crippen LogP contribution in [0.4, 0.5) is 14.5 Å². The molecule has 9 heteroatoms. The van der Waals surface area contributed by atoms with Gasteiger partial charge in [-0.25, -0.2) is 27.0 Å². The van der Waals surface area contributed by atoms with E-state index in [0.717, 1.165) is 18.3 Å². The maximum Gasteiger partial charge on any atom is 0.354 e. The van der Waals surface area contributed by atoms with Crippen LogP contribution < -0.4 is 4.72 Å². The number of aromatic nitrogens is 1. The average molecular weight is 314 g/mol. The van der Waals surface area contributed by atoms with Gasteiger partial charge < -0.3 is 5.11 Å². The summed E-state index contributed by atoms with van der Waals surface area (Å²) in [7, 11) is -4.17. The monoisotopic (exact) mass is 314 g/mol. The SMILES string of the molecule is O=C(O)c1cc(NS(=O)(=O)c2ccc(F)c(F)c2)ccn1. The molecule has 6 nitrogen and oxygen atoms in total. The molecule has 2 aromatic rings. The van der Waals surface area contributed by atoms with Gasteiger partial charge in [-0.15, -0.1) is 0 Å². The molecule has 0 saturated heterocycles. The Morgan fingerprint density at radius 2 is 1.86 bits per heavy atom. The first kappa shape index (κ1) is 14.9. The first-order valence-corrected chi connectivity index (χ1v) is 6.95. The first-order valence-electron chi connectivity index (χ1n) is 5.47. The summed E-state index contributed by atoms with van der Waals surface area (Å²) in [4.78, 5) is 13.8. The van der Waals surface area contributed by atoms with E-state index in [9.17, 15) is 22.0 Å². The molecule has 1 aromatic heterocycles. The highest BCUT2D eigenvalue weighted by molar-refractivity contribution is 7.92. The Morgan fingerprint density at radius 1 is 1.14 bits per heavy atom. The second kappa shape index (κ2) is 5.44. The van der Waals surface area contributed by atoms with E-state index in [1.54, 1.807) is 0 Å². The zero-order valence-corrected chi connectivity index (χ0v) is 11.1. The largest absolute Gasteiger partial charge is 0.477 e. The molecule has 0 unspecified atom stereocenters. The van der Waals surface area contributed by atoms with Crippen LogP contribution in [0.3, 0.4) is 0 Å². The molecule has 0 saturated carbocycles. The van der Waals surface area contributed by atoms with E-state index in [1.165, 1.54) is 6.07 Å². The fraction of sp³-hybridized carbons (Fsp3) is 0. The van der Waals surface area contributed by atoms with Gasteiger partial charge in [0, 0.05) is 6.20 Å². The highest BCUT2D eigenvalue weighted by Gasteiger charge is 2.17. The van der Waals surface area contributed by atoms with Gasteiger partial charge in [-0.3, -0.25) is 4.72 Å². The van der Waals surface area contributed by atoms with E-state index in [4.69, 9.17) is 5.11 Å². The summed E-state index contributed by atoms with van der Waals surface area (Å²) < 4.78 is 51.9. The number of carboxylic acids is 1. The van der Waals surface area contributed by atoms with Crippen LogP contribution in [0.1, 0.15) is 10.5 Å². The number of aromatic carboxylic acids is 1. The van der Waals surface area contributed by atoms with E-state index in [-0.39, 0.29) is 11.4 Å². The smallest absolute Gasteiger partial charge is 0.354 e. The molecule has 0 aliphatic carbocycles. The van der Waals surface area contributed by atoms with Crippen molar-refractivity contribution >= 4 is 21.7 Å². The van der Waals surface area contributed by atoms with Crippen molar-refractivity contribution in [2.45, 2.75) is 4.90 Å². The highest BCUT2D eigenvalue weighted by atomic mass is 32.2. The normalized spacial score (nSPS) is 11.1. The van der Waals surface area contributed by atoms with Gasteiger partial charge in [0.1, 0.15) is 5.69 Å². The van der Waals surface area contributed by atoms with Crippen molar-refractivity contribution < 1.29 is 27.1 Å². The van der Waals surface area contributed by atoms with Crippen molar-refractivity contribution in [1.82, 2.24) is 4.98 Å². The molecule has 0 fully saturated rings. The van der Waals surface area contributed by atoms with Crippen molar-refractivity contribution in [2.24, 2.45) is 0 Å². The molecule has 0 radical (unpaired) electrons. The molecule has 0 bridgehead atoms. The van der Waals surface area contributed by atoms with E-state index < -0.39 is 32.5 Å². The number of sulfonamides is 1. The van der Waals surface area contributed by atoms with Crippen LogP contribution in [-0.2, 0) is 10.0 Å². The van der Waals surface area contributed by atoms with Gasteiger partial charge >= 0.3 is 5.97 Å². The molecule has 0 aliphatic rings. The van der Waals surface area contributed by atoms with E-state index in [0.29, 0.717) is 12.1 Å². The predicted molar refractivity (Wildman–Crippen MR) is 68.4 cm³/mol. The molecule has 2 N–H and O–H groups in total. The summed E-state index contributed by atoms with van der Waals surface area (Å²) in [6.45, 7) is 0. The molecule has 0 spiro atoms. The molecule has 0 aliphatic heterocycles. The fourth-order valence-electron chi connectivity index (χ4n) is 1.47. The van der Waals surface area contributed by atoms with Gasteiger partial charge in [0.05, 0.1) is 10.6 Å². The van der Waals surface area contributed by atoms with Crippen LogP contribution in [0.25, 0.3) is 0 Å². The minimum atomic E-state index is -4.17. The van der Waals surface area contributed by atoms with Gasteiger partial charge in [-0.2, -0.15) is 0 Å². The summed E-state index contributed by atoms with van der Waals surface area (Å²) in [5, 5.41) is 8.76. The molecule has 1 aromatic carbocycles. The third kappa shape index (κ3) is 3.31. The van der Waals surface area contributed by atoms with Crippen molar-refractivity contribution in [3.8, 4) is 0 Å². The second-order valence-electron chi connectivity index (χ2n) is 3.92. The van der Waals surface area contributed by atoms with Crippen LogP contribution in [0, 0.1) is 11.6 Å². The van der Waals surface area contributed by atoms with Crippen LogP contribution in [0.15, 0.2) is 41.4 Å². The molecule has 110 valence electrons. The quantitative estimate of drug-likeness (QED) is 0.898. The van der Waals surface area contributed by atoms with Gasteiger partial charge in [0.2, 0.25) is 0 Å². The number of carboxylic acid groups (broad SMARTS) is 1. The number of halogens is 2. The standard InChI is InChI=1S/C12H8F2N2O4S/c13-9-2-1-8(6-10(9)14)21(19,20)16-7-3-4-15-11(5-7)12(17)18/h1-6H,(H,15,16)(H,17,18). The number of benzene rings is 1. The third-order valence-corrected chi connectivity index (χ3v) is 3.81. The predicted octanol–water partition coefficient (Wildman–Crippen LogP) is 1.86. The molecule has 21 heavy (non-hydrogen) atoms. The topological polar surface area (TPSA) is 96.4 Å². The molecule has 2 rings (SSSR count). The highest BCUT2D eigenvalue weighted by Crippen LogP contribution is 2.18. The molecule has 0 atom stereocenters. The number of pyridine rings is 1. The maximum absolute atomic E-state index is 13.1. The van der Waals surface area contributed by atoms with Gasteiger partial charge in [0.15, 0.2) is 11.6 Å². The first-order chi connectivity index (χ1) is 9.79. The Hall–Kier alpha value is -2.55. The zero-order chi connectivity index (χ0) is 15.6. The van der Waals surface area contributed by atoms with Crippen LogP contribution in [-0.4, -0.2) is 24.5 Å². The number of hydrogen-bond acceptors (Lipinski definition) is 4. The lowest BCUT2D eigenvalue weighted by Crippen LogP contribution is -2.14. The molecular formula is C12H8F2N2O4S. The third-order valence-electron chi connectivity index (χ3n) is 2.43. The van der Waals surface area contributed by atoms with Crippen molar-refractivity contribution in [3.05, 3.63) is 53.9 Å². The van der Waals surface area contributed by atoms with Crippen molar-refractivity contribution in [3.63, 3.8) is 0 Å². The lowest BCUT2D eigenvalue weighted by atomic mass is 10.3. The summed E-state index contributed by atoms with van der Waals surface area (Å²) in [6, 6.07) is 4.32. The van der Waals surface area contributed by atoms with E-state index >= 15 is 0 Å². The molecular weight excluding hydrogens is 306 g/mol. The van der Waals surface area contributed by atoms with E-state index in [1.807, 2.05) is 0 Å². The lowest BCUT2D eigenvalue weighted by Gasteiger charge is -2.08. The number of anilines is 1. The Bertz CT molecular complexity index is 809. The second-order valence-corrected chi connectivity index (χ2v) is 5.60. The van der Waals surface area contributed by atoms with Gasteiger partial charge in [-0.1, -0.05) is 0 Å². The minimum Gasteiger partial charge on any atom is -0.477 e. The summed E-state index contributed by atoms with van der Waals surface area (Å²) in [5.74, 6) is -3.81. The fourth-order valence-corrected chi connectivity index (χ4v) is 2.53. The zero-order valence-electron chi connectivity index (χ0n) is 10.2. The lowest BCUT2D eigenvalue weighted by molar-refractivity contribution is 0.0690. The number of nitrogens with one attached hydrogen (secondary N) is 1. The summed E-state index contributed by atoms with van der Waals surface area (Å²) >= 11 is 0. The number of rotatable bonds is 4. The van der Waals surface area contributed by atoms with Gasteiger partial charge in [0.25, 0.3) is 10.0 Å².